The average Bonchev–Trinajstić information content (AvgIpc) is 1.96. The Bertz CT molecular complexity index is 303. The highest BCUT2D eigenvalue weighted by molar-refractivity contribution is 6.31. The van der Waals surface area contributed by atoms with Crippen molar-refractivity contribution < 1.29 is 13.2 Å². The number of hydrogen-bond donors (Lipinski definition) is 1. The second-order valence-corrected chi connectivity index (χ2v) is 2.42. The maximum Gasteiger partial charge on any atom is 0.265 e. The van der Waals surface area contributed by atoms with E-state index in [0.29, 0.717) is 0 Å². The van der Waals surface area contributed by atoms with Crippen LogP contribution >= 0.6 is 11.6 Å². The Labute approximate surface area is 71.2 Å². The molecule has 0 saturated heterocycles. The minimum Gasteiger partial charge on any atom is -0.384 e. The smallest absolute Gasteiger partial charge is 0.265 e. The molecule has 0 aromatic carbocycles. The molecule has 2 nitrogen and oxygen atoms in total. The lowest BCUT2D eigenvalue weighted by molar-refractivity contribution is 0.151. The van der Waals surface area contributed by atoms with E-state index in [0.717, 1.165) is 6.07 Å². The van der Waals surface area contributed by atoms with E-state index in [1.807, 2.05) is 0 Å². The fourth-order valence-electron chi connectivity index (χ4n) is 0.695. The molecule has 6 heteroatoms. The van der Waals surface area contributed by atoms with Gasteiger partial charge in [0.1, 0.15) is 10.8 Å². The Kier molecular flexibility index (Phi) is 2.42. The predicted molar refractivity (Wildman–Crippen MR) is 38.6 cm³/mol. The zero-order chi connectivity index (χ0) is 9.30. The number of nitrogens with two attached hydrogens (primary N) is 1. The quantitative estimate of drug-likeness (QED) is 0.701. The predicted octanol–water partition coefficient (Wildman–Crippen LogP) is 2.39. The van der Waals surface area contributed by atoms with Crippen LogP contribution in [0.5, 0.6) is 0 Å². The topological polar surface area (TPSA) is 38.9 Å². The monoisotopic (exact) mass is 196 g/mol. The highest BCUT2D eigenvalue weighted by Gasteiger charge is 2.16. The lowest BCUT2D eigenvalue weighted by Gasteiger charge is -2.03. The van der Waals surface area contributed by atoms with Crippen LogP contribution in [0.2, 0.25) is 5.02 Å². The first-order valence-corrected chi connectivity index (χ1v) is 3.29. The van der Waals surface area contributed by atoms with Gasteiger partial charge in [0.15, 0.2) is 0 Å². The lowest BCUT2D eigenvalue weighted by atomic mass is 10.2. The molecule has 0 radical (unpaired) electrons. The standard InChI is InChI=1S/C6H4ClF3N2/c7-4-2(5(8)9)1-3(11)12-6(4)10/h1,5H,(H2,11,12). The summed E-state index contributed by atoms with van der Waals surface area (Å²) in [7, 11) is 0. The van der Waals surface area contributed by atoms with Crippen LogP contribution in [0.25, 0.3) is 0 Å². The van der Waals surface area contributed by atoms with Gasteiger partial charge in [-0.2, -0.15) is 4.39 Å². The van der Waals surface area contributed by atoms with E-state index in [1.54, 1.807) is 0 Å². The average molecular weight is 197 g/mol. The van der Waals surface area contributed by atoms with E-state index in [4.69, 9.17) is 17.3 Å². The maximum absolute atomic E-state index is 12.5. The molecule has 0 unspecified atom stereocenters. The number of anilines is 1. The molecule has 1 aromatic heterocycles. The largest absolute Gasteiger partial charge is 0.384 e. The summed E-state index contributed by atoms with van der Waals surface area (Å²) in [5, 5.41) is -0.681. The van der Waals surface area contributed by atoms with Gasteiger partial charge in [0.05, 0.1) is 0 Å². The lowest BCUT2D eigenvalue weighted by Crippen LogP contribution is -1.98. The molecule has 0 aliphatic heterocycles. The van der Waals surface area contributed by atoms with Crippen molar-refractivity contribution in [2.75, 3.05) is 5.73 Å². The number of alkyl halides is 2. The van der Waals surface area contributed by atoms with Gasteiger partial charge >= 0.3 is 0 Å². The van der Waals surface area contributed by atoms with Crippen molar-refractivity contribution in [3.05, 3.63) is 22.6 Å². The molecular weight excluding hydrogens is 193 g/mol. The van der Waals surface area contributed by atoms with Crippen LogP contribution in [0.4, 0.5) is 19.0 Å². The molecule has 0 atom stereocenters. The second kappa shape index (κ2) is 3.18. The number of aromatic nitrogens is 1. The van der Waals surface area contributed by atoms with Gasteiger partial charge in [-0.1, -0.05) is 11.6 Å². The molecule has 1 rings (SSSR count). The van der Waals surface area contributed by atoms with Gasteiger partial charge in [-0.3, -0.25) is 0 Å². The number of nitrogens with zero attached hydrogens (tertiary/aromatic N) is 1. The van der Waals surface area contributed by atoms with Crippen molar-refractivity contribution in [2.45, 2.75) is 6.43 Å². The summed E-state index contributed by atoms with van der Waals surface area (Å²) in [6.07, 6.45) is -2.85. The first kappa shape index (κ1) is 9.12. The van der Waals surface area contributed by atoms with Crippen molar-refractivity contribution in [2.24, 2.45) is 0 Å². The summed E-state index contributed by atoms with van der Waals surface area (Å²) in [6, 6.07) is 0.843. The number of hydrogen-bond acceptors (Lipinski definition) is 2. The van der Waals surface area contributed by atoms with E-state index < -0.39 is 23.0 Å². The van der Waals surface area contributed by atoms with Crippen LogP contribution in [-0.2, 0) is 0 Å². The summed E-state index contributed by atoms with van der Waals surface area (Å²) in [6.45, 7) is 0. The molecule has 0 aliphatic rings. The van der Waals surface area contributed by atoms with E-state index in [2.05, 4.69) is 4.98 Å². The summed E-state index contributed by atoms with van der Waals surface area (Å²) >= 11 is 5.19. The molecule has 66 valence electrons. The van der Waals surface area contributed by atoms with Crippen LogP contribution in [0.15, 0.2) is 6.07 Å². The molecule has 0 bridgehead atoms. The molecule has 12 heavy (non-hydrogen) atoms. The first-order chi connectivity index (χ1) is 5.52. The van der Waals surface area contributed by atoms with Gasteiger partial charge in [-0.25, -0.2) is 13.8 Å². The molecule has 1 heterocycles. The van der Waals surface area contributed by atoms with Gasteiger partial charge in [0.25, 0.3) is 6.43 Å². The van der Waals surface area contributed by atoms with Crippen molar-refractivity contribution >= 4 is 17.4 Å². The van der Waals surface area contributed by atoms with Crippen LogP contribution in [-0.4, -0.2) is 4.98 Å². The highest BCUT2D eigenvalue weighted by Crippen LogP contribution is 2.29. The fraction of sp³-hybridized carbons (Fsp3) is 0.167. The Morgan fingerprint density at radius 2 is 2.08 bits per heavy atom. The minimum absolute atomic E-state index is 0.313. The Morgan fingerprint density at radius 3 is 2.58 bits per heavy atom. The third kappa shape index (κ3) is 1.61. The van der Waals surface area contributed by atoms with Crippen LogP contribution in [0.1, 0.15) is 12.0 Å². The van der Waals surface area contributed by atoms with Crippen LogP contribution in [0, 0.1) is 5.95 Å². The highest BCUT2D eigenvalue weighted by atomic mass is 35.5. The molecule has 1 aromatic rings. The zero-order valence-corrected chi connectivity index (χ0v) is 6.45. The molecule has 0 fully saturated rings. The third-order valence-electron chi connectivity index (χ3n) is 1.20. The van der Waals surface area contributed by atoms with Gasteiger partial charge in [0, 0.05) is 5.56 Å². The number of halogens is 4. The summed E-state index contributed by atoms with van der Waals surface area (Å²) in [5.41, 5.74) is 4.39. The number of pyridine rings is 1. The summed E-state index contributed by atoms with van der Waals surface area (Å²) < 4.78 is 36.7. The third-order valence-corrected chi connectivity index (χ3v) is 1.57. The maximum atomic E-state index is 12.5. The van der Waals surface area contributed by atoms with E-state index >= 15 is 0 Å². The summed E-state index contributed by atoms with van der Waals surface area (Å²) in [5.74, 6) is -1.49. The molecule has 2 N–H and O–H groups in total. The Morgan fingerprint density at radius 1 is 1.50 bits per heavy atom. The van der Waals surface area contributed by atoms with Crippen LogP contribution in [0.3, 0.4) is 0 Å². The molecule has 0 spiro atoms. The second-order valence-electron chi connectivity index (χ2n) is 2.04. The van der Waals surface area contributed by atoms with Gasteiger partial charge in [-0.05, 0) is 6.07 Å². The van der Waals surface area contributed by atoms with Gasteiger partial charge in [0.2, 0.25) is 5.95 Å². The van der Waals surface area contributed by atoms with E-state index in [-0.39, 0.29) is 5.82 Å². The number of nitrogen functional groups attached to an aromatic ring is 1. The van der Waals surface area contributed by atoms with Gasteiger partial charge < -0.3 is 5.73 Å². The van der Waals surface area contributed by atoms with Crippen LogP contribution < -0.4 is 5.73 Å². The Balaban J connectivity index is 3.28. The fourth-order valence-corrected chi connectivity index (χ4v) is 0.875. The summed E-state index contributed by atoms with van der Waals surface area (Å²) in [4.78, 5) is 3.06. The molecule has 0 saturated carbocycles. The molecular formula is C6H4ClF3N2. The van der Waals surface area contributed by atoms with E-state index in [1.165, 1.54) is 0 Å². The SMILES string of the molecule is Nc1cc(C(F)F)c(Cl)c(F)n1. The molecule has 0 aliphatic carbocycles. The van der Waals surface area contributed by atoms with E-state index in [9.17, 15) is 13.2 Å². The van der Waals surface area contributed by atoms with Crippen molar-refractivity contribution in [1.82, 2.24) is 4.98 Å². The van der Waals surface area contributed by atoms with Gasteiger partial charge in [-0.15, -0.1) is 0 Å². The zero-order valence-electron chi connectivity index (χ0n) is 5.69. The minimum atomic E-state index is -2.85. The van der Waals surface area contributed by atoms with Crippen molar-refractivity contribution in [1.29, 1.82) is 0 Å². The van der Waals surface area contributed by atoms with Crippen molar-refractivity contribution in [3.63, 3.8) is 0 Å². The van der Waals surface area contributed by atoms with Crippen molar-refractivity contribution in [3.8, 4) is 0 Å². The first-order valence-electron chi connectivity index (χ1n) is 2.92. The molecule has 0 amide bonds. The Hall–Kier alpha value is -0.970. The number of rotatable bonds is 1. The normalized spacial score (nSPS) is 10.8.